The van der Waals surface area contributed by atoms with Crippen molar-refractivity contribution in [1.29, 1.82) is 0 Å². The minimum atomic E-state index is 0.731. The fraction of sp³-hybridized carbons (Fsp3) is 0.833. The van der Waals surface area contributed by atoms with Crippen molar-refractivity contribution in [3.63, 3.8) is 0 Å². The van der Waals surface area contributed by atoms with E-state index in [-0.39, 0.29) is 0 Å². The lowest BCUT2D eigenvalue weighted by molar-refractivity contribution is 0.357. The van der Waals surface area contributed by atoms with Gasteiger partial charge in [0.1, 0.15) is 0 Å². The number of allylic oxidation sites excluding steroid dienone is 1. The van der Waals surface area contributed by atoms with Gasteiger partial charge in [-0.2, -0.15) is 0 Å². The van der Waals surface area contributed by atoms with E-state index in [1.54, 1.807) is 0 Å². The number of hydrogen-bond acceptors (Lipinski definition) is 2. The smallest absolute Gasteiger partial charge is 0.0192 e. The van der Waals surface area contributed by atoms with Gasteiger partial charge in [-0.25, -0.2) is 0 Å². The Morgan fingerprint density at radius 2 is 2.21 bits per heavy atom. The third-order valence-corrected chi connectivity index (χ3v) is 3.33. The van der Waals surface area contributed by atoms with E-state index in [2.05, 4.69) is 22.8 Å². The van der Waals surface area contributed by atoms with E-state index in [9.17, 15) is 0 Å². The molecule has 2 aliphatic rings. The van der Waals surface area contributed by atoms with Crippen molar-refractivity contribution in [3.05, 3.63) is 12.2 Å². The summed E-state index contributed by atoms with van der Waals surface area (Å²) in [5.41, 5.74) is 0. The van der Waals surface area contributed by atoms with Crippen LogP contribution in [0.25, 0.3) is 0 Å². The normalized spacial score (nSPS) is 33.1. The third kappa shape index (κ3) is 3.10. The summed E-state index contributed by atoms with van der Waals surface area (Å²) in [6, 6.07) is 1.47. The molecule has 2 heteroatoms. The zero-order chi connectivity index (χ0) is 9.64. The maximum absolute atomic E-state index is 3.68. The Hall–Kier alpha value is -0.340. The summed E-state index contributed by atoms with van der Waals surface area (Å²) in [4.78, 5) is 0. The molecular weight excluding hydrogens is 172 g/mol. The van der Waals surface area contributed by atoms with E-state index < -0.39 is 0 Å². The molecule has 0 saturated carbocycles. The molecule has 80 valence electrons. The van der Waals surface area contributed by atoms with Gasteiger partial charge in [-0.15, -0.1) is 0 Å². The van der Waals surface area contributed by atoms with Crippen LogP contribution in [0, 0.1) is 0 Å². The summed E-state index contributed by atoms with van der Waals surface area (Å²) in [5.74, 6) is 0. The minimum absolute atomic E-state index is 0.731. The zero-order valence-corrected chi connectivity index (χ0v) is 8.97. The predicted molar refractivity (Wildman–Crippen MR) is 60.4 cm³/mol. The number of rotatable bonds is 3. The zero-order valence-electron chi connectivity index (χ0n) is 8.97. The molecule has 1 fully saturated rings. The van der Waals surface area contributed by atoms with Crippen LogP contribution in [-0.2, 0) is 0 Å². The number of hydrogen-bond donors (Lipinski definition) is 2. The maximum Gasteiger partial charge on any atom is 0.0192 e. The summed E-state index contributed by atoms with van der Waals surface area (Å²) < 4.78 is 0. The number of piperidine rings is 1. The largest absolute Gasteiger partial charge is 0.313 e. The van der Waals surface area contributed by atoms with Crippen LogP contribution >= 0.6 is 0 Å². The first-order chi connectivity index (χ1) is 6.95. The molecule has 0 aromatic heterocycles. The van der Waals surface area contributed by atoms with E-state index in [0.29, 0.717) is 0 Å². The second-order valence-electron chi connectivity index (χ2n) is 4.54. The second kappa shape index (κ2) is 5.52. The van der Waals surface area contributed by atoms with Crippen molar-refractivity contribution in [3.8, 4) is 0 Å². The fourth-order valence-corrected chi connectivity index (χ4v) is 2.39. The summed E-state index contributed by atoms with van der Waals surface area (Å²) in [7, 11) is 0. The van der Waals surface area contributed by atoms with Gasteiger partial charge in [0.25, 0.3) is 0 Å². The summed E-state index contributed by atoms with van der Waals surface area (Å²) in [6.45, 7) is 2.38. The molecule has 1 saturated heterocycles. The van der Waals surface area contributed by atoms with Gasteiger partial charge < -0.3 is 10.6 Å². The van der Waals surface area contributed by atoms with Crippen molar-refractivity contribution in [2.45, 2.75) is 50.6 Å². The summed E-state index contributed by atoms with van der Waals surface area (Å²) >= 11 is 0. The monoisotopic (exact) mass is 194 g/mol. The van der Waals surface area contributed by atoms with Crippen LogP contribution in [0.3, 0.4) is 0 Å². The van der Waals surface area contributed by atoms with Crippen molar-refractivity contribution >= 4 is 0 Å². The molecule has 0 aromatic carbocycles. The Morgan fingerprint density at radius 1 is 1.21 bits per heavy atom. The quantitative estimate of drug-likeness (QED) is 0.670. The highest BCUT2D eigenvalue weighted by molar-refractivity contribution is 4.93. The maximum atomic E-state index is 3.68. The van der Waals surface area contributed by atoms with Crippen LogP contribution in [0.4, 0.5) is 0 Å². The third-order valence-electron chi connectivity index (χ3n) is 3.33. The lowest BCUT2D eigenvalue weighted by Crippen LogP contribution is -2.44. The first-order valence-electron chi connectivity index (χ1n) is 6.07. The van der Waals surface area contributed by atoms with E-state index in [4.69, 9.17) is 0 Å². The lowest BCUT2D eigenvalue weighted by Gasteiger charge is -2.27. The summed E-state index contributed by atoms with van der Waals surface area (Å²) in [5, 5.41) is 7.26. The SMILES string of the molecule is C1=CCC(NCC2CCCCN2)CC1. The van der Waals surface area contributed by atoms with Gasteiger partial charge in [-0.05, 0) is 38.6 Å². The molecule has 0 bridgehead atoms. The number of nitrogens with one attached hydrogen (secondary N) is 2. The van der Waals surface area contributed by atoms with E-state index >= 15 is 0 Å². The highest BCUT2D eigenvalue weighted by Crippen LogP contribution is 2.11. The molecule has 0 radical (unpaired) electrons. The molecule has 2 N–H and O–H groups in total. The minimum Gasteiger partial charge on any atom is -0.313 e. The second-order valence-corrected chi connectivity index (χ2v) is 4.54. The van der Waals surface area contributed by atoms with Crippen LogP contribution in [0.5, 0.6) is 0 Å². The molecule has 1 heterocycles. The van der Waals surface area contributed by atoms with E-state index in [0.717, 1.165) is 12.1 Å². The Labute approximate surface area is 87.2 Å². The molecular formula is C12H22N2. The van der Waals surface area contributed by atoms with Crippen molar-refractivity contribution in [2.75, 3.05) is 13.1 Å². The van der Waals surface area contributed by atoms with Crippen molar-refractivity contribution in [2.24, 2.45) is 0 Å². The highest BCUT2D eigenvalue weighted by atomic mass is 15.0. The summed E-state index contributed by atoms with van der Waals surface area (Å²) in [6.07, 6.45) is 12.6. The first-order valence-corrected chi connectivity index (χ1v) is 6.07. The standard InChI is InChI=1S/C12H22N2/c1-2-6-11(7-3-1)14-10-12-8-4-5-9-13-12/h1-2,11-14H,3-10H2. The molecule has 2 unspecified atom stereocenters. The van der Waals surface area contributed by atoms with Gasteiger partial charge in [0.05, 0.1) is 0 Å². The van der Waals surface area contributed by atoms with Crippen LogP contribution in [0.15, 0.2) is 12.2 Å². The Bertz CT molecular complexity index is 183. The molecule has 2 rings (SSSR count). The van der Waals surface area contributed by atoms with Gasteiger partial charge in [-0.1, -0.05) is 18.6 Å². The Kier molecular flexibility index (Phi) is 4.02. The van der Waals surface area contributed by atoms with Gasteiger partial charge in [0.2, 0.25) is 0 Å². The van der Waals surface area contributed by atoms with Crippen LogP contribution in [-0.4, -0.2) is 25.2 Å². The molecule has 14 heavy (non-hydrogen) atoms. The average Bonchev–Trinajstić information content (AvgIpc) is 2.29. The van der Waals surface area contributed by atoms with Gasteiger partial charge >= 0.3 is 0 Å². The van der Waals surface area contributed by atoms with Crippen LogP contribution in [0.1, 0.15) is 38.5 Å². The molecule has 1 aliphatic carbocycles. The van der Waals surface area contributed by atoms with Crippen molar-refractivity contribution < 1.29 is 0 Å². The van der Waals surface area contributed by atoms with E-state index in [1.165, 1.54) is 51.6 Å². The topological polar surface area (TPSA) is 24.1 Å². The molecule has 0 aromatic rings. The van der Waals surface area contributed by atoms with Crippen molar-refractivity contribution in [1.82, 2.24) is 10.6 Å². The fourth-order valence-electron chi connectivity index (χ4n) is 2.39. The van der Waals surface area contributed by atoms with Crippen LogP contribution < -0.4 is 10.6 Å². The van der Waals surface area contributed by atoms with Gasteiger partial charge in [-0.3, -0.25) is 0 Å². The Morgan fingerprint density at radius 3 is 2.93 bits per heavy atom. The molecule has 2 nitrogen and oxygen atoms in total. The highest BCUT2D eigenvalue weighted by Gasteiger charge is 2.14. The molecule has 0 spiro atoms. The van der Waals surface area contributed by atoms with Gasteiger partial charge in [0.15, 0.2) is 0 Å². The Balaban J connectivity index is 1.63. The molecule has 0 amide bonds. The molecule has 2 atom stereocenters. The van der Waals surface area contributed by atoms with E-state index in [1.807, 2.05) is 0 Å². The van der Waals surface area contributed by atoms with Crippen LogP contribution in [0.2, 0.25) is 0 Å². The van der Waals surface area contributed by atoms with Gasteiger partial charge in [0, 0.05) is 18.6 Å². The average molecular weight is 194 g/mol. The molecule has 1 aliphatic heterocycles. The lowest BCUT2D eigenvalue weighted by atomic mass is 10.0. The first kappa shape index (κ1) is 10.2. The predicted octanol–water partition coefficient (Wildman–Crippen LogP) is 1.83.